The highest BCUT2D eigenvalue weighted by Crippen LogP contribution is 2.22. The molecule has 5 heteroatoms. The van der Waals surface area contributed by atoms with Gasteiger partial charge in [-0.15, -0.1) is 0 Å². The molecule has 0 spiro atoms. The summed E-state index contributed by atoms with van der Waals surface area (Å²) in [6.45, 7) is 2.50. The van der Waals surface area contributed by atoms with E-state index in [1.54, 1.807) is 7.11 Å². The van der Waals surface area contributed by atoms with Gasteiger partial charge in [-0.3, -0.25) is 4.99 Å². The van der Waals surface area contributed by atoms with E-state index in [9.17, 15) is 0 Å². The molecule has 2 aromatic rings. The van der Waals surface area contributed by atoms with Gasteiger partial charge in [0.2, 0.25) is 5.88 Å². The lowest BCUT2D eigenvalue weighted by Gasteiger charge is -2.09. The van der Waals surface area contributed by atoms with Gasteiger partial charge in [-0.05, 0) is 25.1 Å². The number of aryl methyl sites for hydroxylation is 1. The van der Waals surface area contributed by atoms with Crippen LogP contribution in [0, 0.1) is 6.92 Å². The van der Waals surface area contributed by atoms with Gasteiger partial charge in [-0.25, -0.2) is 4.99 Å². The van der Waals surface area contributed by atoms with Gasteiger partial charge in [0, 0.05) is 5.69 Å². The van der Waals surface area contributed by atoms with Crippen LogP contribution in [-0.4, -0.2) is 18.8 Å². The lowest BCUT2D eigenvalue weighted by Crippen LogP contribution is -2.26. The summed E-state index contributed by atoms with van der Waals surface area (Å²) in [5.74, 6) is 0.528. The monoisotopic (exact) mass is 254 g/mol. The predicted molar refractivity (Wildman–Crippen MR) is 72.4 cm³/mol. The Labute approximate surface area is 110 Å². The number of pyridine rings is 1. The molecule has 5 nitrogen and oxygen atoms in total. The third-order valence-corrected chi connectivity index (χ3v) is 2.93. The number of ether oxygens (including phenoxy) is 1. The average molecular weight is 254 g/mol. The molecule has 0 unspecified atom stereocenters. The minimum Gasteiger partial charge on any atom is -0.479 e. The largest absolute Gasteiger partial charge is 0.479 e. The second-order valence-electron chi connectivity index (χ2n) is 4.34. The number of hydrogen-bond acceptors (Lipinski definition) is 5. The van der Waals surface area contributed by atoms with Crippen LogP contribution < -0.4 is 20.9 Å². The first-order chi connectivity index (χ1) is 9.26. The molecule has 1 aromatic heterocycles. The Balaban J connectivity index is 2.01. The van der Waals surface area contributed by atoms with Gasteiger partial charge in [-0.2, -0.15) is 4.98 Å². The Kier molecular flexibility index (Phi) is 2.87. The van der Waals surface area contributed by atoms with Crippen LogP contribution >= 0.6 is 0 Å². The summed E-state index contributed by atoms with van der Waals surface area (Å²) in [5, 5.41) is 4.09. The Morgan fingerprint density at radius 1 is 1.16 bits per heavy atom. The molecule has 1 aromatic carbocycles. The summed E-state index contributed by atoms with van der Waals surface area (Å²) < 4.78 is 5.29. The average Bonchev–Trinajstić information content (AvgIpc) is 2.87. The molecule has 2 heterocycles. The van der Waals surface area contributed by atoms with E-state index in [0.717, 1.165) is 16.7 Å². The zero-order chi connectivity index (χ0) is 13.2. The van der Waals surface area contributed by atoms with Crippen molar-refractivity contribution in [2.75, 3.05) is 19.1 Å². The van der Waals surface area contributed by atoms with Crippen LogP contribution in [0.1, 0.15) is 5.56 Å². The van der Waals surface area contributed by atoms with Gasteiger partial charge >= 0.3 is 0 Å². The quantitative estimate of drug-likeness (QED) is 0.899. The third-order valence-electron chi connectivity index (χ3n) is 2.93. The Bertz CT molecular complexity index is 722. The zero-order valence-electron chi connectivity index (χ0n) is 10.8. The standard InChI is InChI=1S/C14H14N4O/c1-9-3-5-10(6-4-9)17-12-7-11-13(16-8-15-11)18-14(12)19-2/h3-7,17H,8H2,1-2H3. The number of nitrogens with zero attached hydrogens (tertiary/aromatic N) is 3. The fourth-order valence-corrected chi connectivity index (χ4v) is 1.93. The minimum absolute atomic E-state index is 0.444. The minimum atomic E-state index is 0.444. The number of anilines is 2. The van der Waals surface area contributed by atoms with E-state index in [1.807, 2.05) is 18.2 Å². The maximum Gasteiger partial charge on any atom is 0.239 e. The first-order valence-electron chi connectivity index (χ1n) is 6.04. The van der Waals surface area contributed by atoms with Crippen LogP contribution in [0.25, 0.3) is 0 Å². The van der Waals surface area contributed by atoms with Gasteiger partial charge in [0.1, 0.15) is 17.7 Å². The van der Waals surface area contributed by atoms with E-state index in [2.05, 4.69) is 39.3 Å². The molecule has 0 radical (unpaired) electrons. The van der Waals surface area contributed by atoms with Crippen molar-refractivity contribution in [3.63, 3.8) is 0 Å². The summed E-state index contributed by atoms with van der Waals surface area (Å²) in [6.07, 6.45) is 0. The topological polar surface area (TPSA) is 58.9 Å². The van der Waals surface area contributed by atoms with Crippen LogP contribution in [0.3, 0.4) is 0 Å². The van der Waals surface area contributed by atoms with Crippen molar-refractivity contribution >= 4 is 11.4 Å². The van der Waals surface area contributed by atoms with E-state index in [4.69, 9.17) is 4.74 Å². The molecule has 96 valence electrons. The number of rotatable bonds is 3. The highest BCUT2D eigenvalue weighted by atomic mass is 16.5. The molecule has 0 bridgehead atoms. The van der Waals surface area contributed by atoms with E-state index in [-0.39, 0.29) is 0 Å². The molecular weight excluding hydrogens is 240 g/mol. The Morgan fingerprint density at radius 2 is 1.95 bits per heavy atom. The van der Waals surface area contributed by atoms with Gasteiger partial charge in [0.15, 0.2) is 5.49 Å². The molecule has 0 atom stereocenters. The second kappa shape index (κ2) is 4.68. The van der Waals surface area contributed by atoms with Crippen LogP contribution in [-0.2, 0) is 0 Å². The number of aromatic nitrogens is 1. The number of benzene rings is 1. The second-order valence-corrected chi connectivity index (χ2v) is 4.34. The maximum atomic E-state index is 5.29. The predicted octanol–water partition coefficient (Wildman–Crippen LogP) is 1.35. The fourth-order valence-electron chi connectivity index (χ4n) is 1.93. The van der Waals surface area contributed by atoms with Crippen LogP contribution in [0.4, 0.5) is 11.4 Å². The van der Waals surface area contributed by atoms with Crippen molar-refractivity contribution in [2.24, 2.45) is 9.98 Å². The SMILES string of the molecule is COc1nc2c(cc1Nc1ccc(C)cc1)=NCN=2. The molecule has 0 saturated carbocycles. The lowest BCUT2D eigenvalue weighted by molar-refractivity contribution is 0.398. The first-order valence-corrected chi connectivity index (χ1v) is 6.04. The summed E-state index contributed by atoms with van der Waals surface area (Å²) in [5.41, 5.74) is 3.65. The molecule has 0 aliphatic carbocycles. The smallest absolute Gasteiger partial charge is 0.239 e. The third kappa shape index (κ3) is 2.27. The van der Waals surface area contributed by atoms with Gasteiger partial charge in [-0.1, -0.05) is 17.7 Å². The molecule has 1 N–H and O–H groups in total. The van der Waals surface area contributed by atoms with Crippen molar-refractivity contribution < 1.29 is 4.74 Å². The Hall–Kier alpha value is -2.43. The first kappa shape index (κ1) is 11.6. The van der Waals surface area contributed by atoms with E-state index in [1.165, 1.54) is 5.56 Å². The molecule has 0 amide bonds. The van der Waals surface area contributed by atoms with Crippen molar-refractivity contribution in [2.45, 2.75) is 6.92 Å². The zero-order valence-corrected chi connectivity index (χ0v) is 10.8. The van der Waals surface area contributed by atoms with Crippen LogP contribution in [0.15, 0.2) is 40.3 Å². The lowest BCUT2D eigenvalue weighted by atomic mass is 10.2. The molecule has 0 fully saturated rings. The summed E-state index contributed by atoms with van der Waals surface area (Å²) in [6, 6.07) is 10.1. The van der Waals surface area contributed by atoms with E-state index >= 15 is 0 Å². The maximum absolute atomic E-state index is 5.29. The van der Waals surface area contributed by atoms with Crippen molar-refractivity contribution in [3.05, 3.63) is 46.7 Å². The number of hydrogen-bond donors (Lipinski definition) is 1. The van der Waals surface area contributed by atoms with E-state index < -0.39 is 0 Å². The molecule has 3 rings (SSSR count). The molecule has 0 saturated heterocycles. The van der Waals surface area contributed by atoms with Crippen molar-refractivity contribution in [1.82, 2.24) is 4.98 Å². The summed E-state index contributed by atoms with van der Waals surface area (Å²) in [7, 11) is 1.60. The van der Waals surface area contributed by atoms with Crippen molar-refractivity contribution in [3.8, 4) is 5.88 Å². The molecular formula is C14H14N4O. The number of nitrogens with one attached hydrogen (secondary N) is 1. The van der Waals surface area contributed by atoms with Gasteiger partial charge in [0.25, 0.3) is 0 Å². The molecule has 1 aliphatic rings. The molecule has 1 aliphatic heterocycles. The van der Waals surface area contributed by atoms with Gasteiger partial charge < -0.3 is 10.1 Å². The Morgan fingerprint density at radius 3 is 2.68 bits per heavy atom. The summed E-state index contributed by atoms with van der Waals surface area (Å²) in [4.78, 5) is 12.8. The van der Waals surface area contributed by atoms with Crippen molar-refractivity contribution in [1.29, 1.82) is 0 Å². The van der Waals surface area contributed by atoms with Crippen LogP contribution in [0.2, 0.25) is 0 Å². The van der Waals surface area contributed by atoms with Gasteiger partial charge in [0.05, 0.1) is 7.11 Å². The van der Waals surface area contributed by atoms with E-state index in [0.29, 0.717) is 18.0 Å². The molecule has 19 heavy (non-hydrogen) atoms. The number of methoxy groups -OCH3 is 1. The normalized spacial score (nSPS) is 12.3. The number of fused-ring (bicyclic) bond motifs is 1. The fraction of sp³-hybridized carbons (Fsp3) is 0.214. The highest BCUT2D eigenvalue weighted by Gasteiger charge is 2.09. The summed E-state index contributed by atoms with van der Waals surface area (Å²) >= 11 is 0. The van der Waals surface area contributed by atoms with Crippen LogP contribution in [0.5, 0.6) is 5.88 Å². The highest BCUT2D eigenvalue weighted by molar-refractivity contribution is 5.64.